The van der Waals surface area contributed by atoms with Crippen molar-refractivity contribution in [3.05, 3.63) is 21.9 Å². The first-order chi connectivity index (χ1) is 8.27. The SMILES string of the molecule is Cc1ccsc1C(=O)NCCCOCC1CC1. The van der Waals surface area contributed by atoms with Crippen molar-refractivity contribution in [2.24, 2.45) is 5.92 Å². The molecule has 0 radical (unpaired) electrons. The highest BCUT2D eigenvalue weighted by Crippen LogP contribution is 2.28. The summed E-state index contributed by atoms with van der Waals surface area (Å²) in [5.74, 6) is 0.859. The number of thiophene rings is 1. The lowest BCUT2D eigenvalue weighted by Gasteiger charge is -2.05. The van der Waals surface area contributed by atoms with E-state index in [9.17, 15) is 4.79 Å². The molecule has 0 aliphatic heterocycles. The standard InChI is InChI=1S/C13H19NO2S/c1-10-5-8-17-12(10)13(15)14-6-2-7-16-9-11-3-4-11/h5,8,11H,2-4,6-7,9H2,1H3,(H,14,15). The highest BCUT2D eigenvalue weighted by molar-refractivity contribution is 7.12. The molecule has 0 atom stereocenters. The van der Waals surface area contributed by atoms with Crippen LogP contribution in [-0.2, 0) is 4.74 Å². The van der Waals surface area contributed by atoms with Gasteiger partial charge in [-0.05, 0) is 49.1 Å². The summed E-state index contributed by atoms with van der Waals surface area (Å²) >= 11 is 1.49. The van der Waals surface area contributed by atoms with E-state index in [4.69, 9.17) is 4.74 Å². The molecule has 0 spiro atoms. The molecule has 1 N–H and O–H groups in total. The normalized spacial score (nSPS) is 14.9. The van der Waals surface area contributed by atoms with E-state index in [1.165, 1.54) is 24.2 Å². The molecule has 1 aromatic rings. The maximum atomic E-state index is 11.7. The molecular formula is C13H19NO2S. The lowest BCUT2D eigenvalue weighted by molar-refractivity contribution is 0.0941. The predicted octanol–water partition coefficient (Wildman–Crippen LogP) is 2.60. The molecule has 1 amide bonds. The molecule has 94 valence electrons. The van der Waals surface area contributed by atoms with Crippen LogP contribution in [0.5, 0.6) is 0 Å². The van der Waals surface area contributed by atoms with Crippen LogP contribution in [0.1, 0.15) is 34.5 Å². The van der Waals surface area contributed by atoms with Gasteiger partial charge in [-0.3, -0.25) is 4.79 Å². The predicted molar refractivity (Wildman–Crippen MR) is 69.5 cm³/mol. The second kappa shape index (κ2) is 6.17. The Balaban J connectivity index is 1.55. The third-order valence-corrected chi connectivity index (χ3v) is 3.89. The van der Waals surface area contributed by atoms with Crippen LogP contribution in [0.25, 0.3) is 0 Å². The highest BCUT2D eigenvalue weighted by Gasteiger charge is 2.20. The van der Waals surface area contributed by atoms with E-state index in [-0.39, 0.29) is 5.91 Å². The minimum absolute atomic E-state index is 0.0414. The smallest absolute Gasteiger partial charge is 0.261 e. The molecule has 0 saturated heterocycles. The zero-order valence-electron chi connectivity index (χ0n) is 10.2. The van der Waals surface area contributed by atoms with Gasteiger partial charge in [-0.2, -0.15) is 0 Å². The molecule has 0 bridgehead atoms. The Morgan fingerprint density at radius 2 is 2.41 bits per heavy atom. The van der Waals surface area contributed by atoms with Crippen molar-refractivity contribution in [2.45, 2.75) is 26.2 Å². The number of amides is 1. The lowest BCUT2D eigenvalue weighted by Crippen LogP contribution is -2.25. The Labute approximate surface area is 106 Å². The second-order valence-electron chi connectivity index (χ2n) is 4.56. The van der Waals surface area contributed by atoms with Crippen molar-refractivity contribution >= 4 is 17.2 Å². The maximum Gasteiger partial charge on any atom is 0.261 e. The second-order valence-corrected chi connectivity index (χ2v) is 5.48. The fraction of sp³-hybridized carbons (Fsp3) is 0.615. The Morgan fingerprint density at radius 1 is 1.59 bits per heavy atom. The van der Waals surface area contributed by atoms with Gasteiger partial charge in [0.05, 0.1) is 4.88 Å². The van der Waals surface area contributed by atoms with Crippen LogP contribution >= 0.6 is 11.3 Å². The number of hydrogen-bond donors (Lipinski definition) is 1. The van der Waals surface area contributed by atoms with Crippen LogP contribution in [-0.4, -0.2) is 25.7 Å². The molecule has 3 nitrogen and oxygen atoms in total. The summed E-state index contributed by atoms with van der Waals surface area (Å²) in [6, 6.07) is 1.97. The van der Waals surface area contributed by atoms with E-state index in [1.807, 2.05) is 18.4 Å². The first kappa shape index (κ1) is 12.6. The van der Waals surface area contributed by atoms with Crippen LogP contribution in [0.3, 0.4) is 0 Å². The van der Waals surface area contributed by atoms with E-state index in [1.54, 1.807) is 0 Å². The molecule has 1 aliphatic carbocycles. The monoisotopic (exact) mass is 253 g/mol. The molecule has 0 aromatic carbocycles. The van der Waals surface area contributed by atoms with Crippen LogP contribution < -0.4 is 5.32 Å². The van der Waals surface area contributed by atoms with Gasteiger partial charge in [-0.15, -0.1) is 11.3 Å². The lowest BCUT2D eigenvalue weighted by atomic mass is 10.3. The molecule has 1 aromatic heterocycles. The summed E-state index contributed by atoms with van der Waals surface area (Å²) in [4.78, 5) is 12.6. The van der Waals surface area contributed by atoms with Gasteiger partial charge in [0.2, 0.25) is 0 Å². The van der Waals surface area contributed by atoms with Gasteiger partial charge in [0.25, 0.3) is 5.91 Å². The summed E-state index contributed by atoms with van der Waals surface area (Å²) in [6.07, 6.45) is 3.55. The zero-order chi connectivity index (χ0) is 12.1. The quantitative estimate of drug-likeness (QED) is 0.759. The van der Waals surface area contributed by atoms with Gasteiger partial charge in [-0.25, -0.2) is 0 Å². The molecule has 17 heavy (non-hydrogen) atoms. The van der Waals surface area contributed by atoms with E-state index in [0.717, 1.165) is 36.0 Å². The minimum Gasteiger partial charge on any atom is -0.381 e. The Morgan fingerprint density at radius 3 is 3.06 bits per heavy atom. The molecule has 1 fully saturated rings. The molecular weight excluding hydrogens is 234 g/mol. The van der Waals surface area contributed by atoms with Crippen LogP contribution in [0.15, 0.2) is 11.4 Å². The summed E-state index contributed by atoms with van der Waals surface area (Å²) in [6.45, 7) is 4.31. The number of rotatable bonds is 7. The summed E-state index contributed by atoms with van der Waals surface area (Å²) in [5, 5.41) is 4.87. The van der Waals surface area contributed by atoms with Gasteiger partial charge in [0.1, 0.15) is 0 Å². The molecule has 2 rings (SSSR count). The van der Waals surface area contributed by atoms with E-state index in [0.29, 0.717) is 6.54 Å². The highest BCUT2D eigenvalue weighted by atomic mass is 32.1. The third-order valence-electron chi connectivity index (χ3n) is 2.87. The van der Waals surface area contributed by atoms with Crippen LogP contribution in [0, 0.1) is 12.8 Å². The van der Waals surface area contributed by atoms with Crippen molar-refractivity contribution in [3.8, 4) is 0 Å². The molecule has 4 heteroatoms. The Kier molecular flexibility index (Phi) is 4.57. The largest absolute Gasteiger partial charge is 0.381 e. The Bertz CT molecular complexity index is 371. The minimum atomic E-state index is 0.0414. The number of ether oxygens (including phenoxy) is 1. The van der Waals surface area contributed by atoms with Gasteiger partial charge in [-0.1, -0.05) is 0 Å². The number of nitrogens with one attached hydrogen (secondary N) is 1. The third kappa shape index (κ3) is 4.13. The summed E-state index contributed by atoms with van der Waals surface area (Å²) < 4.78 is 5.51. The molecule has 1 heterocycles. The van der Waals surface area contributed by atoms with Gasteiger partial charge in [0, 0.05) is 19.8 Å². The average Bonchev–Trinajstić information content (AvgIpc) is 3.04. The van der Waals surface area contributed by atoms with Gasteiger partial charge in [0.15, 0.2) is 0 Å². The maximum absolute atomic E-state index is 11.7. The van der Waals surface area contributed by atoms with Crippen LogP contribution in [0.2, 0.25) is 0 Å². The molecule has 0 unspecified atom stereocenters. The first-order valence-corrected chi connectivity index (χ1v) is 7.05. The number of carbonyl (C=O) groups excluding carboxylic acids is 1. The van der Waals surface area contributed by atoms with E-state index < -0.39 is 0 Å². The van der Waals surface area contributed by atoms with Crippen molar-refractivity contribution in [3.63, 3.8) is 0 Å². The number of aryl methyl sites for hydroxylation is 1. The van der Waals surface area contributed by atoms with E-state index in [2.05, 4.69) is 5.32 Å². The zero-order valence-corrected chi connectivity index (χ0v) is 11.0. The fourth-order valence-electron chi connectivity index (χ4n) is 1.60. The van der Waals surface area contributed by atoms with Gasteiger partial charge < -0.3 is 10.1 Å². The summed E-state index contributed by atoms with van der Waals surface area (Å²) in [7, 11) is 0. The van der Waals surface area contributed by atoms with Crippen molar-refractivity contribution < 1.29 is 9.53 Å². The fourth-order valence-corrected chi connectivity index (χ4v) is 2.44. The average molecular weight is 253 g/mol. The first-order valence-electron chi connectivity index (χ1n) is 6.17. The summed E-state index contributed by atoms with van der Waals surface area (Å²) in [5.41, 5.74) is 1.05. The van der Waals surface area contributed by atoms with Crippen molar-refractivity contribution in [1.29, 1.82) is 0 Å². The van der Waals surface area contributed by atoms with Gasteiger partial charge >= 0.3 is 0 Å². The Hall–Kier alpha value is -0.870. The number of hydrogen-bond acceptors (Lipinski definition) is 3. The molecule has 1 saturated carbocycles. The van der Waals surface area contributed by atoms with E-state index >= 15 is 0 Å². The van der Waals surface area contributed by atoms with Crippen molar-refractivity contribution in [2.75, 3.05) is 19.8 Å². The number of carbonyl (C=O) groups is 1. The van der Waals surface area contributed by atoms with Crippen molar-refractivity contribution in [1.82, 2.24) is 5.32 Å². The molecule has 1 aliphatic rings. The topological polar surface area (TPSA) is 38.3 Å². The van der Waals surface area contributed by atoms with Crippen LogP contribution in [0.4, 0.5) is 0 Å².